The molecule has 11 aromatic rings. The van der Waals surface area contributed by atoms with Gasteiger partial charge in [0.1, 0.15) is 7.57 Å². The molecule has 69 heavy (non-hydrogen) atoms. The van der Waals surface area contributed by atoms with Gasteiger partial charge in [0.05, 0.1) is 16.4 Å². The average Bonchev–Trinajstić information content (AvgIpc) is 4.01. The van der Waals surface area contributed by atoms with Crippen LogP contribution in [-0.2, 0) is 5.41 Å². The van der Waals surface area contributed by atoms with E-state index >= 15 is 0 Å². The summed E-state index contributed by atoms with van der Waals surface area (Å²) in [6.45, 7) is 0. The molecule has 0 saturated carbocycles. The van der Waals surface area contributed by atoms with Crippen molar-refractivity contribution in [1.82, 2.24) is 4.57 Å². The summed E-state index contributed by atoms with van der Waals surface area (Å²) in [5.41, 5.74) is 21.9. The molecule has 7 heteroatoms. The number of hydrogen-bond donors (Lipinski definition) is 0. The first kappa shape index (κ1) is 44.7. The van der Waals surface area contributed by atoms with Gasteiger partial charge in [-0.15, -0.1) is 0 Å². The normalized spacial score (nSPS) is 12.5. The molecule has 2 nitrogen and oxygen atoms in total. The Morgan fingerprint density at radius 3 is 1.41 bits per heavy atom. The number of halogens is 1. The van der Waals surface area contributed by atoms with E-state index < -0.39 is 10.3 Å². The number of anilines is 3. The number of fused-ring (bicyclic) bond motifs is 13. The third kappa shape index (κ3) is 7.49. The Morgan fingerprint density at radius 1 is 0.420 bits per heavy atom. The van der Waals surface area contributed by atoms with Crippen LogP contribution in [0.5, 0.6) is 0 Å². The summed E-state index contributed by atoms with van der Waals surface area (Å²) < 4.78 is 13.4. The van der Waals surface area contributed by atoms with E-state index in [0.29, 0.717) is 0 Å². The summed E-state index contributed by atoms with van der Waals surface area (Å²) in [6.07, 6.45) is 0. The van der Waals surface area contributed by atoms with Crippen LogP contribution < -0.4 is 4.90 Å². The van der Waals surface area contributed by atoms with Crippen molar-refractivity contribution in [3.05, 3.63) is 265 Å². The molecule has 0 fully saturated rings. The molecule has 1 heterocycles. The smallest absolute Gasteiger partial charge is 0.0726 e. The van der Waals surface area contributed by atoms with Gasteiger partial charge in [-0.05, 0) is 146 Å². The Kier molecular flexibility index (Phi) is 12.0. The van der Waals surface area contributed by atoms with E-state index in [9.17, 15) is 4.39 Å². The Bertz CT molecular complexity index is 3650. The van der Waals surface area contributed by atoms with Crippen molar-refractivity contribution in [1.29, 1.82) is 0 Å². The van der Waals surface area contributed by atoms with Crippen molar-refractivity contribution in [2.24, 2.45) is 0 Å². The summed E-state index contributed by atoms with van der Waals surface area (Å²) in [5, 5.41) is 2.50. The molecule has 0 bridgehead atoms. The van der Waals surface area contributed by atoms with E-state index in [1.165, 1.54) is 94.3 Å². The summed E-state index contributed by atoms with van der Waals surface area (Å²) >= 11 is 3.92. The molecule has 0 N–H and O–H groups in total. The zero-order valence-electron chi connectivity index (χ0n) is 37.4. The van der Waals surface area contributed by atoms with Gasteiger partial charge in [-0.2, -0.15) is 4.39 Å². The SMILES string of the molecule is [B]PC(F)=S.[BiH2].c1ccc(-c2ccc(N(c3ccc(-c4ccc5c(c4)c4ccccc4n5-c4ccccc4)cc3)c3ccc4c(c3)C3(c5ccccc5-c5ccccc53)c3ccccc3-4)cc2)cc1. The van der Waals surface area contributed by atoms with Crippen LogP contribution in [0.25, 0.3) is 72.0 Å². The zero-order valence-corrected chi connectivity index (χ0v) is 43.7. The van der Waals surface area contributed by atoms with Crippen molar-refractivity contribution in [3.8, 4) is 50.2 Å². The van der Waals surface area contributed by atoms with E-state index in [0.717, 1.165) is 17.1 Å². The molecule has 0 saturated heterocycles. The maximum Gasteiger partial charge on any atom is 0.0726 e. The maximum absolute atomic E-state index is 11.0. The second kappa shape index (κ2) is 18.6. The standard InChI is InChI=1S/C61H40N2.CHBFPS.Bi.2H/c1-3-15-41(16-4-1)42-27-32-46(33-28-42)62(47-34-29-43(30-35-47)44-31-38-60-54(39-44)53-22-10-14-26-59(53)63(60)45-17-5-2-6-18-45)48-36-37-52-51-21-9-13-25-57(51)61(58(52)40-48)55-23-11-7-19-49(55)50-20-8-12-24-56(50)61;2-4-1(3)5;;;/h1-40H;4H;;;. The number of aromatic nitrogens is 1. The van der Waals surface area contributed by atoms with Crippen LogP contribution >= 0.6 is 20.7 Å². The molecule has 327 valence electrons. The van der Waals surface area contributed by atoms with Crippen LogP contribution in [0.3, 0.4) is 0 Å². The Hall–Kier alpha value is -6.80. The number of rotatable bonds is 7. The number of para-hydroxylation sites is 2. The van der Waals surface area contributed by atoms with E-state index in [2.05, 4.69) is 272 Å². The molecular weight excluding hydrogens is 1070 g/mol. The molecule has 2 aliphatic rings. The molecule has 3 radical (unpaired) electrons. The summed E-state index contributed by atoms with van der Waals surface area (Å²) in [5.74, 6) is 0. The van der Waals surface area contributed by atoms with E-state index in [4.69, 9.17) is 0 Å². The quantitative estimate of drug-likeness (QED) is 0.0680. The summed E-state index contributed by atoms with van der Waals surface area (Å²) in [6, 6.07) is 89.4. The van der Waals surface area contributed by atoms with Gasteiger partial charge in [0.2, 0.25) is 0 Å². The minimum atomic E-state index is -0.606. The van der Waals surface area contributed by atoms with Crippen molar-refractivity contribution < 1.29 is 4.39 Å². The molecule has 1 spiro atoms. The van der Waals surface area contributed by atoms with Gasteiger partial charge in [0.15, 0.2) is 4.86 Å². The molecule has 13 rings (SSSR count). The summed E-state index contributed by atoms with van der Waals surface area (Å²) in [7, 11) is 4.36. The van der Waals surface area contributed by atoms with Gasteiger partial charge in [0, 0.05) is 33.5 Å². The van der Waals surface area contributed by atoms with Crippen molar-refractivity contribution >= 4 is 98.2 Å². The Morgan fingerprint density at radius 2 is 0.841 bits per heavy atom. The monoisotopic (exact) mass is 1120 g/mol. The number of nitrogens with zero attached hydrogens (tertiary/aromatic N) is 2. The Balaban J connectivity index is 0.000000827. The molecule has 1 unspecified atom stereocenters. The van der Waals surface area contributed by atoms with Crippen LogP contribution in [0.2, 0.25) is 0 Å². The Labute approximate surface area is 429 Å². The third-order valence-electron chi connectivity index (χ3n) is 13.7. The molecule has 1 aromatic heterocycles. The third-order valence-corrected chi connectivity index (χ3v) is 14.3. The molecule has 0 amide bonds. The van der Waals surface area contributed by atoms with Gasteiger partial charge in [-0.3, -0.25) is 0 Å². The van der Waals surface area contributed by atoms with Crippen LogP contribution in [-0.4, -0.2) is 43.2 Å². The van der Waals surface area contributed by atoms with Gasteiger partial charge in [-0.1, -0.05) is 184 Å². The minimum absolute atomic E-state index is 0. The van der Waals surface area contributed by atoms with Crippen LogP contribution in [0.15, 0.2) is 243 Å². The van der Waals surface area contributed by atoms with Crippen LogP contribution in [0.1, 0.15) is 22.3 Å². The van der Waals surface area contributed by atoms with Crippen molar-refractivity contribution in [2.75, 3.05) is 4.90 Å². The zero-order chi connectivity index (χ0) is 45.8. The van der Waals surface area contributed by atoms with Gasteiger partial charge in [0.25, 0.3) is 0 Å². The molecule has 0 aliphatic heterocycles. The average molecular weight is 1120 g/mol. The molecular formula is C62H43BBiFN2PS. The first-order valence-electron chi connectivity index (χ1n) is 22.8. The minimum Gasteiger partial charge on any atom is -0.310 e. The largest absolute Gasteiger partial charge is 0.310 e. The van der Waals surface area contributed by atoms with Crippen molar-refractivity contribution in [2.45, 2.75) is 5.41 Å². The number of hydrogen-bond acceptors (Lipinski definition) is 2. The fraction of sp³-hybridized carbons (Fsp3) is 0.0161. The fourth-order valence-electron chi connectivity index (χ4n) is 10.9. The van der Waals surface area contributed by atoms with Crippen molar-refractivity contribution in [3.63, 3.8) is 0 Å². The fourth-order valence-corrected chi connectivity index (χ4v) is 10.9. The second-order valence-electron chi connectivity index (χ2n) is 17.2. The van der Waals surface area contributed by atoms with E-state index in [-0.39, 0.29) is 34.7 Å². The van der Waals surface area contributed by atoms with E-state index in [1.54, 1.807) is 0 Å². The first-order valence-corrected chi connectivity index (χ1v) is 24.3. The number of thiocarbonyl (C=S) groups is 1. The predicted octanol–water partition coefficient (Wildman–Crippen LogP) is 16.0. The topological polar surface area (TPSA) is 8.17 Å². The van der Waals surface area contributed by atoms with Gasteiger partial charge < -0.3 is 9.47 Å². The van der Waals surface area contributed by atoms with E-state index in [1.807, 2.05) is 0 Å². The second-order valence-corrected chi connectivity index (χ2v) is 18.7. The summed E-state index contributed by atoms with van der Waals surface area (Å²) in [4.78, 5) is 1.82. The first-order chi connectivity index (χ1) is 33.5. The predicted molar refractivity (Wildman–Crippen MR) is 299 cm³/mol. The van der Waals surface area contributed by atoms with Gasteiger partial charge in [-0.25, -0.2) is 0 Å². The molecule has 2 aliphatic carbocycles. The molecule has 1 atom stereocenters. The number of benzene rings is 10. The van der Waals surface area contributed by atoms with Crippen LogP contribution in [0, 0.1) is 0 Å². The maximum atomic E-state index is 11.0. The van der Waals surface area contributed by atoms with Crippen LogP contribution in [0.4, 0.5) is 21.5 Å². The van der Waals surface area contributed by atoms with Gasteiger partial charge >= 0.3 is 26.2 Å². The molecule has 10 aromatic carbocycles.